The molecular formula is C13H12N4O. The number of aryl methyl sites for hydroxylation is 1. The highest BCUT2D eigenvalue weighted by Crippen LogP contribution is 2.08. The first-order valence-corrected chi connectivity index (χ1v) is 5.43. The quantitative estimate of drug-likeness (QED) is 0.812. The van der Waals surface area contributed by atoms with Crippen LogP contribution in [-0.4, -0.2) is 27.2 Å². The first kappa shape index (κ1) is 11.9. The molecule has 5 nitrogen and oxygen atoms in total. The fourth-order valence-corrected chi connectivity index (χ4v) is 1.51. The molecule has 1 aromatic carbocycles. The number of nitrogens with one attached hydrogen (secondary N) is 1. The Morgan fingerprint density at radius 3 is 2.83 bits per heavy atom. The van der Waals surface area contributed by atoms with Crippen molar-refractivity contribution in [3.8, 4) is 18.0 Å². The maximum absolute atomic E-state index is 11.7. The van der Waals surface area contributed by atoms with Crippen molar-refractivity contribution in [2.45, 2.75) is 6.92 Å². The zero-order chi connectivity index (χ0) is 13.0. The van der Waals surface area contributed by atoms with Gasteiger partial charge in [0.15, 0.2) is 0 Å². The molecule has 1 heterocycles. The second-order valence-corrected chi connectivity index (χ2v) is 3.62. The lowest BCUT2D eigenvalue weighted by Gasteiger charge is -2.00. The Morgan fingerprint density at radius 1 is 1.44 bits per heavy atom. The first-order valence-electron chi connectivity index (χ1n) is 5.43. The molecule has 18 heavy (non-hydrogen) atoms. The van der Waals surface area contributed by atoms with Gasteiger partial charge in [-0.15, -0.1) is 11.5 Å². The van der Waals surface area contributed by atoms with E-state index in [0.29, 0.717) is 5.82 Å². The molecule has 1 aromatic heterocycles. The van der Waals surface area contributed by atoms with Crippen LogP contribution < -0.4 is 5.32 Å². The Morgan fingerprint density at radius 2 is 2.17 bits per heavy atom. The van der Waals surface area contributed by atoms with Crippen LogP contribution in [0, 0.1) is 19.3 Å². The van der Waals surface area contributed by atoms with Crippen molar-refractivity contribution >= 4 is 5.91 Å². The highest BCUT2D eigenvalue weighted by atomic mass is 16.2. The minimum Gasteiger partial charge on any atom is -0.338 e. The largest absolute Gasteiger partial charge is 0.338 e. The molecule has 1 amide bonds. The molecule has 0 saturated heterocycles. The number of carbonyl (C=O) groups excluding carboxylic acids is 1. The Labute approximate surface area is 105 Å². The van der Waals surface area contributed by atoms with E-state index in [-0.39, 0.29) is 18.3 Å². The monoisotopic (exact) mass is 240 g/mol. The molecule has 0 aliphatic rings. The van der Waals surface area contributed by atoms with E-state index in [1.54, 1.807) is 11.6 Å². The summed E-state index contributed by atoms with van der Waals surface area (Å²) in [5.41, 5.74) is 0.860. The van der Waals surface area contributed by atoms with E-state index >= 15 is 0 Å². The maximum atomic E-state index is 11.7. The summed E-state index contributed by atoms with van der Waals surface area (Å²) in [5, 5.41) is 6.69. The van der Waals surface area contributed by atoms with E-state index in [1.165, 1.54) is 0 Å². The van der Waals surface area contributed by atoms with Crippen molar-refractivity contribution in [1.82, 2.24) is 20.1 Å². The maximum Gasteiger partial charge on any atom is 0.291 e. The number of terminal acetylenes is 1. The predicted molar refractivity (Wildman–Crippen MR) is 67.3 cm³/mol. The average molecular weight is 240 g/mol. The Bertz CT molecular complexity index is 595. The zero-order valence-electron chi connectivity index (χ0n) is 9.92. The molecule has 0 spiro atoms. The van der Waals surface area contributed by atoms with Crippen molar-refractivity contribution < 1.29 is 4.79 Å². The second kappa shape index (κ2) is 5.15. The van der Waals surface area contributed by atoms with Crippen LogP contribution in [0.4, 0.5) is 0 Å². The van der Waals surface area contributed by atoms with Crippen LogP contribution in [0.25, 0.3) is 5.69 Å². The van der Waals surface area contributed by atoms with E-state index in [9.17, 15) is 4.79 Å². The summed E-state index contributed by atoms with van der Waals surface area (Å²) < 4.78 is 1.62. The fourth-order valence-electron chi connectivity index (χ4n) is 1.51. The number of aromatic nitrogens is 3. The van der Waals surface area contributed by atoms with Gasteiger partial charge in [0.25, 0.3) is 5.91 Å². The molecule has 0 aliphatic heterocycles. The third-order valence-electron chi connectivity index (χ3n) is 2.32. The van der Waals surface area contributed by atoms with Crippen molar-refractivity contribution in [1.29, 1.82) is 0 Å². The third-order valence-corrected chi connectivity index (χ3v) is 2.32. The SMILES string of the molecule is C#CCNC(=O)c1nc(C)n(-c2ccccc2)n1. The number of rotatable bonds is 3. The molecule has 0 bridgehead atoms. The summed E-state index contributed by atoms with van der Waals surface area (Å²) in [7, 11) is 0. The van der Waals surface area contributed by atoms with Gasteiger partial charge >= 0.3 is 0 Å². The molecule has 0 saturated carbocycles. The molecule has 0 unspecified atom stereocenters. The summed E-state index contributed by atoms with van der Waals surface area (Å²) in [6.45, 7) is 1.95. The van der Waals surface area contributed by atoms with Gasteiger partial charge in [0.05, 0.1) is 12.2 Å². The van der Waals surface area contributed by atoms with E-state index in [2.05, 4.69) is 21.3 Å². The molecule has 2 rings (SSSR count). The summed E-state index contributed by atoms with van der Waals surface area (Å²) in [4.78, 5) is 15.8. The first-order chi connectivity index (χ1) is 8.72. The highest BCUT2D eigenvalue weighted by molar-refractivity contribution is 5.90. The van der Waals surface area contributed by atoms with Gasteiger partial charge in [-0.25, -0.2) is 9.67 Å². The van der Waals surface area contributed by atoms with Gasteiger partial charge < -0.3 is 5.32 Å². The van der Waals surface area contributed by atoms with Crippen molar-refractivity contribution in [2.24, 2.45) is 0 Å². The van der Waals surface area contributed by atoms with Crippen LogP contribution in [0.15, 0.2) is 30.3 Å². The van der Waals surface area contributed by atoms with Gasteiger partial charge in [0, 0.05) is 0 Å². The van der Waals surface area contributed by atoms with Crippen molar-refractivity contribution in [2.75, 3.05) is 6.54 Å². The van der Waals surface area contributed by atoms with Gasteiger partial charge in [-0.3, -0.25) is 4.79 Å². The molecule has 0 aliphatic carbocycles. The number of para-hydroxylation sites is 1. The molecule has 2 aromatic rings. The Balaban J connectivity index is 2.28. The summed E-state index contributed by atoms with van der Waals surface area (Å²) in [5.74, 6) is 2.72. The molecular weight excluding hydrogens is 228 g/mol. The van der Waals surface area contributed by atoms with Crippen LogP contribution in [0.2, 0.25) is 0 Å². The van der Waals surface area contributed by atoms with Gasteiger partial charge in [-0.2, -0.15) is 0 Å². The standard InChI is InChI=1S/C13H12N4O/c1-3-9-14-13(18)12-15-10(2)17(16-12)11-7-5-4-6-8-11/h1,4-8H,9H2,2H3,(H,14,18). The van der Waals surface area contributed by atoms with Gasteiger partial charge in [0.1, 0.15) is 5.82 Å². The molecule has 1 N–H and O–H groups in total. The normalized spacial score (nSPS) is 9.78. The van der Waals surface area contributed by atoms with E-state index in [4.69, 9.17) is 6.42 Å². The van der Waals surface area contributed by atoms with Gasteiger partial charge in [0.2, 0.25) is 5.82 Å². The lowest BCUT2D eigenvalue weighted by Crippen LogP contribution is -2.24. The number of nitrogens with zero attached hydrogens (tertiary/aromatic N) is 3. The third kappa shape index (κ3) is 2.38. The van der Waals surface area contributed by atoms with Crippen LogP contribution in [0.1, 0.15) is 16.4 Å². The second-order valence-electron chi connectivity index (χ2n) is 3.62. The highest BCUT2D eigenvalue weighted by Gasteiger charge is 2.14. The topological polar surface area (TPSA) is 59.8 Å². The molecule has 0 fully saturated rings. The number of hydrogen-bond acceptors (Lipinski definition) is 3. The Hall–Kier alpha value is -2.61. The van der Waals surface area contributed by atoms with E-state index in [0.717, 1.165) is 5.69 Å². The predicted octanol–water partition coefficient (Wildman–Crippen LogP) is 0.939. The smallest absolute Gasteiger partial charge is 0.291 e. The van der Waals surface area contributed by atoms with Crippen molar-refractivity contribution in [3.63, 3.8) is 0 Å². The Kier molecular flexibility index (Phi) is 3.39. The number of benzene rings is 1. The fraction of sp³-hybridized carbons (Fsp3) is 0.154. The lowest BCUT2D eigenvalue weighted by molar-refractivity contribution is 0.0948. The number of carbonyl (C=O) groups is 1. The summed E-state index contributed by atoms with van der Waals surface area (Å²) in [6, 6.07) is 9.50. The van der Waals surface area contributed by atoms with E-state index in [1.807, 2.05) is 30.3 Å². The zero-order valence-corrected chi connectivity index (χ0v) is 9.92. The van der Waals surface area contributed by atoms with Gasteiger partial charge in [-0.1, -0.05) is 24.1 Å². The number of amides is 1. The van der Waals surface area contributed by atoms with Crippen LogP contribution in [0.3, 0.4) is 0 Å². The summed E-state index contributed by atoms with van der Waals surface area (Å²) in [6.07, 6.45) is 5.07. The van der Waals surface area contributed by atoms with Gasteiger partial charge in [-0.05, 0) is 19.1 Å². The molecule has 0 atom stereocenters. The lowest BCUT2D eigenvalue weighted by atomic mass is 10.3. The molecule has 90 valence electrons. The minimum atomic E-state index is -0.370. The van der Waals surface area contributed by atoms with Crippen LogP contribution in [0.5, 0.6) is 0 Å². The van der Waals surface area contributed by atoms with Crippen molar-refractivity contribution in [3.05, 3.63) is 42.0 Å². The minimum absolute atomic E-state index is 0.117. The van der Waals surface area contributed by atoms with Crippen LogP contribution in [-0.2, 0) is 0 Å². The van der Waals surface area contributed by atoms with E-state index < -0.39 is 0 Å². The molecule has 0 radical (unpaired) electrons. The summed E-state index contributed by atoms with van der Waals surface area (Å²) >= 11 is 0. The van der Waals surface area contributed by atoms with Crippen LogP contribution >= 0.6 is 0 Å². The molecule has 5 heteroatoms. The average Bonchev–Trinajstić information content (AvgIpc) is 2.79. The number of hydrogen-bond donors (Lipinski definition) is 1.